The van der Waals surface area contributed by atoms with Crippen molar-refractivity contribution < 1.29 is 45.8 Å². The molecule has 0 aliphatic heterocycles. The van der Waals surface area contributed by atoms with E-state index >= 15 is 0 Å². The smallest absolute Gasteiger partial charge is 0.417 e. The minimum atomic E-state index is -4.55. The zero-order chi connectivity index (χ0) is 30.1. The molecule has 0 aromatic heterocycles. The molecule has 0 bridgehead atoms. The minimum Gasteiger partial charge on any atom is -0.478 e. The first-order valence-corrected chi connectivity index (χ1v) is 12.5. The monoisotopic (exact) mass is 745 g/mol. The molecule has 14 heteroatoms. The highest BCUT2D eigenvalue weighted by atomic mass is 79.9. The van der Waals surface area contributed by atoms with Crippen LogP contribution in [0.2, 0.25) is 0 Å². The summed E-state index contributed by atoms with van der Waals surface area (Å²) in [5.41, 5.74) is -0.601. The zero-order valence-corrected chi connectivity index (χ0v) is 24.5. The fourth-order valence-corrected chi connectivity index (χ4v) is 3.77. The van der Waals surface area contributed by atoms with Crippen LogP contribution in [0.5, 0.6) is 0 Å². The Kier molecular flexibility index (Phi) is 12.7. The van der Waals surface area contributed by atoms with Crippen LogP contribution in [0.1, 0.15) is 43.0 Å². The van der Waals surface area contributed by atoms with E-state index in [0.717, 1.165) is 28.2 Å². The summed E-state index contributed by atoms with van der Waals surface area (Å²) in [7, 11) is 1.37. The van der Waals surface area contributed by atoms with Gasteiger partial charge in [0.1, 0.15) is 0 Å². The molecule has 0 fully saturated rings. The summed E-state index contributed by atoms with van der Waals surface area (Å²) in [6.07, 6.45) is -8.98. The number of benzene rings is 3. The predicted octanol–water partition coefficient (Wildman–Crippen LogP) is 9.05. The SMILES string of the molecule is COC(=O)c1ccc(Br)c(C)c1.N#Cc1ccc(Br)c(C(F)(F)F)c1.O=C(O)c1ccc(Br)c(C(F)(F)F)c1. The van der Waals surface area contributed by atoms with Crippen LogP contribution in [0.25, 0.3) is 0 Å². The molecule has 0 atom stereocenters. The highest BCUT2D eigenvalue weighted by molar-refractivity contribution is 9.11. The number of hydrogen-bond acceptors (Lipinski definition) is 4. The van der Waals surface area contributed by atoms with Gasteiger partial charge in [-0.3, -0.25) is 0 Å². The van der Waals surface area contributed by atoms with Crippen molar-refractivity contribution in [2.75, 3.05) is 7.11 Å². The first-order chi connectivity index (χ1) is 17.9. The molecule has 1 N–H and O–H groups in total. The molecule has 0 heterocycles. The van der Waals surface area contributed by atoms with Crippen molar-refractivity contribution in [3.63, 3.8) is 0 Å². The second kappa shape index (κ2) is 14.5. The molecule has 3 aromatic rings. The lowest BCUT2D eigenvalue weighted by molar-refractivity contribution is -0.139. The highest BCUT2D eigenvalue weighted by Gasteiger charge is 2.34. The lowest BCUT2D eigenvalue weighted by Gasteiger charge is -2.09. The minimum absolute atomic E-state index is 0.00414. The summed E-state index contributed by atoms with van der Waals surface area (Å²) in [5.74, 6) is -1.69. The van der Waals surface area contributed by atoms with Crippen molar-refractivity contribution in [2.45, 2.75) is 19.3 Å². The van der Waals surface area contributed by atoms with Crippen LogP contribution in [-0.2, 0) is 17.1 Å². The van der Waals surface area contributed by atoms with E-state index < -0.39 is 29.4 Å². The lowest BCUT2D eigenvalue weighted by atomic mass is 10.1. The number of hydrogen-bond donors (Lipinski definition) is 1. The van der Waals surface area contributed by atoms with Crippen molar-refractivity contribution in [3.05, 3.63) is 101 Å². The number of carboxylic acids is 1. The molecule has 0 amide bonds. The molecular weight excluding hydrogens is 732 g/mol. The van der Waals surface area contributed by atoms with E-state index in [9.17, 15) is 35.9 Å². The first kappa shape index (κ1) is 34.1. The van der Waals surface area contributed by atoms with Crippen molar-refractivity contribution in [1.29, 1.82) is 5.26 Å². The van der Waals surface area contributed by atoms with Crippen LogP contribution < -0.4 is 0 Å². The Morgan fingerprint density at radius 3 is 1.69 bits per heavy atom. The number of carboxylic acid groups (broad SMARTS) is 1. The molecule has 0 aliphatic carbocycles. The van der Waals surface area contributed by atoms with Gasteiger partial charge in [-0.25, -0.2) is 9.59 Å². The number of methoxy groups -OCH3 is 1. The summed E-state index contributed by atoms with van der Waals surface area (Å²) < 4.78 is 78.8. The van der Waals surface area contributed by atoms with Gasteiger partial charge in [0.25, 0.3) is 0 Å². The summed E-state index contributed by atoms with van der Waals surface area (Å²) in [6.45, 7) is 1.93. The molecule has 0 saturated carbocycles. The highest BCUT2D eigenvalue weighted by Crippen LogP contribution is 2.36. The number of rotatable bonds is 2. The number of halogens is 9. The van der Waals surface area contributed by atoms with Gasteiger partial charge in [-0.05, 0) is 67.1 Å². The molecule has 0 unspecified atom stereocenters. The van der Waals surface area contributed by atoms with Crippen molar-refractivity contribution >= 4 is 59.7 Å². The summed E-state index contributed by atoms with van der Waals surface area (Å²) in [5, 5.41) is 16.9. The van der Waals surface area contributed by atoms with Crippen LogP contribution in [0, 0.1) is 18.3 Å². The van der Waals surface area contributed by atoms with Crippen LogP contribution in [0.3, 0.4) is 0 Å². The van der Waals surface area contributed by atoms with Gasteiger partial charge >= 0.3 is 24.3 Å². The predicted molar refractivity (Wildman–Crippen MR) is 140 cm³/mol. The van der Waals surface area contributed by atoms with Gasteiger partial charge in [0.15, 0.2) is 0 Å². The van der Waals surface area contributed by atoms with E-state index in [-0.39, 0.29) is 26.0 Å². The standard InChI is InChI=1S/C9H9BrO2.C8H3BrF3N.C8H4BrF3O2/c1-6-5-7(9(11)12-2)3-4-8(6)10;9-7-2-1-5(4-13)3-6(7)8(10,11)12;9-6-2-1-4(7(13)14)3-5(6)8(10,11)12/h3-5H,1-2H3;1-3H;1-3H,(H,13,14). The van der Waals surface area contributed by atoms with Crippen LogP contribution in [0.4, 0.5) is 26.3 Å². The summed E-state index contributed by atoms with van der Waals surface area (Å²) in [6, 6.07) is 13.1. The molecule has 0 spiro atoms. The first-order valence-electron chi connectivity index (χ1n) is 10.1. The molecule has 3 rings (SSSR count). The number of nitrogens with zero attached hydrogens (tertiary/aromatic N) is 1. The van der Waals surface area contributed by atoms with Gasteiger partial charge in [0.05, 0.1) is 41.0 Å². The van der Waals surface area contributed by atoms with Crippen molar-refractivity contribution in [3.8, 4) is 6.07 Å². The second-order valence-corrected chi connectivity index (χ2v) is 9.82. The van der Waals surface area contributed by atoms with E-state index in [1.165, 1.54) is 19.2 Å². The molecule has 0 radical (unpaired) electrons. The quantitative estimate of drug-likeness (QED) is 0.209. The van der Waals surface area contributed by atoms with Gasteiger partial charge < -0.3 is 9.84 Å². The van der Waals surface area contributed by atoms with Crippen molar-refractivity contribution in [2.24, 2.45) is 0 Å². The van der Waals surface area contributed by atoms with E-state index in [1.54, 1.807) is 18.2 Å². The van der Waals surface area contributed by atoms with Gasteiger partial charge in [-0.1, -0.05) is 47.8 Å². The topological polar surface area (TPSA) is 87.4 Å². The number of esters is 1. The number of ether oxygens (including phenoxy) is 1. The van der Waals surface area contributed by atoms with Gasteiger partial charge in [0, 0.05) is 13.4 Å². The number of nitriles is 1. The molecule has 3 aromatic carbocycles. The van der Waals surface area contributed by atoms with E-state index in [2.05, 4.69) is 52.5 Å². The normalized spacial score (nSPS) is 10.7. The van der Waals surface area contributed by atoms with E-state index in [4.69, 9.17) is 10.4 Å². The average molecular weight is 748 g/mol. The maximum atomic E-state index is 12.3. The Morgan fingerprint density at radius 1 is 0.795 bits per heavy atom. The summed E-state index contributed by atoms with van der Waals surface area (Å²) >= 11 is 8.82. The zero-order valence-electron chi connectivity index (χ0n) is 19.7. The van der Waals surface area contributed by atoms with Crippen LogP contribution in [0.15, 0.2) is 68.0 Å². The number of alkyl halides is 6. The molecule has 5 nitrogen and oxygen atoms in total. The van der Waals surface area contributed by atoms with Crippen molar-refractivity contribution in [1.82, 2.24) is 0 Å². The number of carbonyl (C=O) groups is 2. The maximum absolute atomic E-state index is 12.3. The maximum Gasteiger partial charge on any atom is 0.417 e. The van der Waals surface area contributed by atoms with Gasteiger partial charge in [-0.15, -0.1) is 0 Å². The average Bonchev–Trinajstić information content (AvgIpc) is 2.85. The van der Waals surface area contributed by atoms with E-state index in [1.807, 2.05) is 13.0 Å². The third-order valence-electron chi connectivity index (χ3n) is 4.50. The number of carbonyl (C=O) groups excluding carboxylic acids is 1. The van der Waals surface area contributed by atoms with Gasteiger partial charge in [-0.2, -0.15) is 31.6 Å². The lowest BCUT2D eigenvalue weighted by Crippen LogP contribution is -2.08. The van der Waals surface area contributed by atoms with E-state index in [0.29, 0.717) is 11.6 Å². The molecule has 208 valence electrons. The molecule has 0 aliphatic rings. The second-order valence-electron chi connectivity index (χ2n) is 7.26. The Balaban J connectivity index is 0.000000293. The fraction of sp³-hybridized carbons (Fsp3) is 0.160. The van der Waals surface area contributed by atoms with Gasteiger partial charge in [0.2, 0.25) is 0 Å². The third kappa shape index (κ3) is 10.7. The molecule has 39 heavy (non-hydrogen) atoms. The van der Waals surface area contributed by atoms with Crippen LogP contribution >= 0.6 is 47.8 Å². The Morgan fingerprint density at radius 2 is 1.26 bits per heavy atom. The molecular formula is C25H16Br3F6NO4. The third-order valence-corrected chi connectivity index (χ3v) is 6.77. The Hall–Kier alpha value is -2.89. The summed E-state index contributed by atoms with van der Waals surface area (Å²) in [4.78, 5) is 21.4. The molecule has 0 saturated heterocycles. The Bertz CT molecular complexity index is 1390. The largest absolute Gasteiger partial charge is 0.478 e. The number of aromatic carboxylic acids is 1. The van der Waals surface area contributed by atoms with Crippen LogP contribution in [-0.4, -0.2) is 24.2 Å². The fourth-order valence-electron chi connectivity index (χ4n) is 2.58. The number of aryl methyl sites for hydroxylation is 1. The Labute approximate surface area is 243 Å².